The van der Waals surface area contributed by atoms with E-state index in [2.05, 4.69) is 107 Å². The molecule has 1 heteroatoms. The minimum absolute atomic E-state index is 0.479. The molecule has 6 atom stereocenters. The van der Waals surface area contributed by atoms with Gasteiger partial charge in [0.05, 0.1) is 0 Å². The minimum Gasteiger partial charge on any atom is -0.0807 e. The molecule has 1 aromatic carbocycles. The molecule has 0 radical (unpaired) electrons. The molecule has 6 unspecified atom stereocenters. The zero-order valence-electron chi connectivity index (χ0n) is 14.0. The van der Waals surface area contributed by atoms with Crippen molar-refractivity contribution in [1.82, 2.24) is 0 Å². The summed E-state index contributed by atoms with van der Waals surface area (Å²) in [6, 6.07) is 8.76. The number of rotatable bonds is 1. The highest BCUT2D eigenvalue weighted by molar-refractivity contribution is 9.10. The summed E-state index contributed by atoms with van der Waals surface area (Å²) in [6.45, 7) is 0. The van der Waals surface area contributed by atoms with Crippen LogP contribution in [-0.4, -0.2) is 0 Å². The first-order chi connectivity index (χ1) is 12.3. The Morgan fingerprint density at radius 1 is 0.720 bits per heavy atom. The fourth-order valence-electron chi connectivity index (χ4n) is 5.12. The Labute approximate surface area is 158 Å². The molecular weight excluding hydrogens is 368 g/mol. The lowest BCUT2D eigenvalue weighted by Gasteiger charge is -2.47. The molecule has 0 aliphatic heterocycles. The second kappa shape index (κ2) is 6.14. The van der Waals surface area contributed by atoms with Gasteiger partial charge in [0, 0.05) is 16.3 Å². The van der Waals surface area contributed by atoms with Crippen LogP contribution < -0.4 is 0 Å². The summed E-state index contributed by atoms with van der Waals surface area (Å²) in [5, 5.41) is 0. The molecule has 0 nitrogen and oxygen atoms in total. The lowest BCUT2D eigenvalue weighted by Crippen LogP contribution is -2.40. The Hall–Kier alpha value is -1.86. The van der Waals surface area contributed by atoms with Gasteiger partial charge in [-0.25, -0.2) is 0 Å². The maximum absolute atomic E-state index is 3.64. The molecule has 0 spiro atoms. The summed E-state index contributed by atoms with van der Waals surface area (Å²) in [7, 11) is 0. The van der Waals surface area contributed by atoms with Gasteiger partial charge >= 0.3 is 0 Å². The molecule has 124 valence electrons. The van der Waals surface area contributed by atoms with Gasteiger partial charge in [-0.1, -0.05) is 94.9 Å². The Balaban J connectivity index is 1.64. The molecule has 0 saturated heterocycles. The normalized spacial score (nSPS) is 37.2. The van der Waals surface area contributed by atoms with E-state index < -0.39 is 0 Å². The average molecular weight is 389 g/mol. The zero-order chi connectivity index (χ0) is 16.8. The fourth-order valence-corrected chi connectivity index (χ4v) is 5.52. The summed E-state index contributed by atoms with van der Waals surface area (Å²) in [4.78, 5) is 0. The molecule has 0 fully saturated rings. The standard InChI is InChI=1S/C24H21Br/c25-19-8-5-7-17(14-19)23-15-18-13-12-16-6-1-2-9-20(16)24(18)22-11-4-3-10-21(22)23/h1-16,18,20-22,24H. The molecule has 0 aromatic heterocycles. The van der Waals surface area contributed by atoms with Gasteiger partial charge in [-0.2, -0.15) is 0 Å². The van der Waals surface area contributed by atoms with E-state index in [-0.39, 0.29) is 0 Å². The molecule has 0 amide bonds. The van der Waals surface area contributed by atoms with E-state index in [0.717, 1.165) is 4.47 Å². The number of hydrogen-bond acceptors (Lipinski definition) is 0. The Bertz CT molecular complexity index is 864. The van der Waals surface area contributed by atoms with Gasteiger partial charge in [-0.3, -0.25) is 0 Å². The second-order valence-corrected chi connectivity index (χ2v) is 8.39. The molecule has 1 aromatic rings. The van der Waals surface area contributed by atoms with Crippen LogP contribution in [0.3, 0.4) is 0 Å². The van der Waals surface area contributed by atoms with Gasteiger partial charge in [0.1, 0.15) is 0 Å². The molecule has 4 aliphatic rings. The van der Waals surface area contributed by atoms with Crippen molar-refractivity contribution in [2.45, 2.75) is 0 Å². The SMILES string of the molecule is Brc1cccc(C2=CC3C=CC4C=CC=CC4C3C3C=CC=CC23)c1. The third-order valence-corrected chi connectivity index (χ3v) is 6.67. The molecule has 4 aliphatic carbocycles. The summed E-state index contributed by atoms with van der Waals surface area (Å²) >= 11 is 3.64. The Morgan fingerprint density at radius 3 is 2.36 bits per heavy atom. The average Bonchev–Trinajstić information content (AvgIpc) is 2.67. The highest BCUT2D eigenvalue weighted by Gasteiger charge is 2.44. The van der Waals surface area contributed by atoms with Gasteiger partial charge in [0.25, 0.3) is 0 Å². The summed E-state index contributed by atoms with van der Waals surface area (Å²) in [5.41, 5.74) is 2.82. The first-order valence-electron chi connectivity index (χ1n) is 9.17. The van der Waals surface area contributed by atoms with E-state index in [4.69, 9.17) is 0 Å². The van der Waals surface area contributed by atoms with Crippen LogP contribution in [0.2, 0.25) is 0 Å². The maximum atomic E-state index is 3.64. The number of fused-ring (bicyclic) bond motifs is 5. The highest BCUT2D eigenvalue weighted by Crippen LogP contribution is 2.52. The molecule has 5 rings (SSSR count). The number of halogens is 1. The quantitative estimate of drug-likeness (QED) is 0.490. The van der Waals surface area contributed by atoms with Crippen LogP contribution in [0, 0.1) is 35.5 Å². The van der Waals surface area contributed by atoms with Crippen LogP contribution in [0.15, 0.2) is 95.6 Å². The predicted octanol–water partition coefficient (Wildman–Crippen LogP) is 6.37. The summed E-state index contributed by atoms with van der Waals surface area (Å²) in [6.07, 6.45) is 26.0. The van der Waals surface area contributed by atoms with Crippen molar-refractivity contribution in [3.63, 3.8) is 0 Å². The zero-order valence-corrected chi connectivity index (χ0v) is 15.6. The third-order valence-electron chi connectivity index (χ3n) is 6.18. The van der Waals surface area contributed by atoms with E-state index in [1.807, 2.05) is 0 Å². The van der Waals surface area contributed by atoms with Gasteiger partial charge in [0.2, 0.25) is 0 Å². The number of hydrogen-bond donors (Lipinski definition) is 0. The van der Waals surface area contributed by atoms with Crippen molar-refractivity contribution in [2.75, 3.05) is 0 Å². The molecule has 0 N–H and O–H groups in total. The third kappa shape index (κ3) is 2.57. The molecule has 0 heterocycles. The largest absolute Gasteiger partial charge is 0.0807 e. The summed E-state index contributed by atoms with van der Waals surface area (Å²) in [5.74, 6) is 3.40. The van der Waals surface area contributed by atoms with E-state index >= 15 is 0 Å². The Kier molecular flexibility index (Phi) is 3.78. The minimum atomic E-state index is 0.479. The van der Waals surface area contributed by atoms with E-state index in [1.165, 1.54) is 11.1 Å². The predicted molar refractivity (Wildman–Crippen MR) is 109 cm³/mol. The first kappa shape index (κ1) is 15.4. The van der Waals surface area contributed by atoms with E-state index in [0.29, 0.717) is 35.5 Å². The van der Waals surface area contributed by atoms with Crippen LogP contribution in [0.5, 0.6) is 0 Å². The highest BCUT2D eigenvalue weighted by atomic mass is 79.9. The van der Waals surface area contributed by atoms with Crippen LogP contribution in [0.1, 0.15) is 5.56 Å². The van der Waals surface area contributed by atoms with Gasteiger partial charge in [-0.05, 0) is 46.9 Å². The van der Waals surface area contributed by atoms with Crippen molar-refractivity contribution in [1.29, 1.82) is 0 Å². The lowest BCUT2D eigenvalue weighted by atomic mass is 9.56. The fraction of sp³-hybridized carbons (Fsp3) is 0.250. The van der Waals surface area contributed by atoms with Crippen LogP contribution in [-0.2, 0) is 0 Å². The van der Waals surface area contributed by atoms with Crippen molar-refractivity contribution < 1.29 is 0 Å². The number of allylic oxidation sites excluding steroid dienone is 12. The first-order valence-corrected chi connectivity index (χ1v) is 9.96. The summed E-state index contributed by atoms with van der Waals surface area (Å²) < 4.78 is 1.15. The smallest absolute Gasteiger partial charge is 0.0181 e. The van der Waals surface area contributed by atoms with Gasteiger partial charge in [0.15, 0.2) is 0 Å². The van der Waals surface area contributed by atoms with Crippen LogP contribution in [0.4, 0.5) is 0 Å². The topological polar surface area (TPSA) is 0 Å². The molecule has 25 heavy (non-hydrogen) atoms. The maximum Gasteiger partial charge on any atom is 0.0181 e. The number of benzene rings is 1. The van der Waals surface area contributed by atoms with Crippen LogP contribution >= 0.6 is 15.9 Å². The molecule has 0 saturated carbocycles. The van der Waals surface area contributed by atoms with E-state index in [1.54, 1.807) is 0 Å². The molecule has 0 bridgehead atoms. The van der Waals surface area contributed by atoms with Crippen molar-refractivity contribution >= 4 is 21.5 Å². The van der Waals surface area contributed by atoms with Crippen molar-refractivity contribution in [3.05, 3.63) is 101 Å². The molecular formula is C24H21Br. The van der Waals surface area contributed by atoms with Crippen molar-refractivity contribution in [3.8, 4) is 0 Å². The van der Waals surface area contributed by atoms with Gasteiger partial charge in [-0.15, -0.1) is 0 Å². The lowest BCUT2D eigenvalue weighted by molar-refractivity contribution is 0.195. The van der Waals surface area contributed by atoms with Gasteiger partial charge < -0.3 is 0 Å². The van der Waals surface area contributed by atoms with E-state index in [9.17, 15) is 0 Å². The second-order valence-electron chi connectivity index (χ2n) is 7.47. The van der Waals surface area contributed by atoms with Crippen molar-refractivity contribution in [2.24, 2.45) is 35.5 Å². The van der Waals surface area contributed by atoms with Crippen LogP contribution in [0.25, 0.3) is 5.57 Å². The Morgan fingerprint density at radius 2 is 1.48 bits per heavy atom. The monoisotopic (exact) mass is 388 g/mol.